The maximum absolute atomic E-state index is 11.6. The summed E-state index contributed by atoms with van der Waals surface area (Å²) in [4.78, 5) is 26.2. The van der Waals surface area contributed by atoms with Gasteiger partial charge >= 0.3 is 5.97 Å². The minimum absolute atomic E-state index is 0.00701. The molecular formula is C14H22N2O3S. The Morgan fingerprint density at radius 1 is 1.25 bits per heavy atom. The molecule has 5 nitrogen and oxygen atoms in total. The van der Waals surface area contributed by atoms with Crippen LogP contribution in [0.15, 0.2) is 5.38 Å². The van der Waals surface area contributed by atoms with Crippen molar-refractivity contribution >= 4 is 23.2 Å². The van der Waals surface area contributed by atoms with Gasteiger partial charge in [0, 0.05) is 11.8 Å². The molecule has 0 aliphatic carbocycles. The molecule has 0 saturated carbocycles. The second-order valence-electron chi connectivity index (χ2n) is 4.73. The summed E-state index contributed by atoms with van der Waals surface area (Å²) in [5.41, 5.74) is 0.0372. The zero-order valence-electron chi connectivity index (χ0n) is 11.9. The number of rotatable bonds is 10. The number of nitrogens with one attached hydrogen (secondary N) is 1. The first-order valence-corrected chi connectivity index (χ1v) is 7.95. The van der Waals surface area contributed by atoms with Gasteiger partial charge in [-0.2, -0.15) is 0 Å². The lowest BCUT2D eigenvalue weighted by Crippen LogP contribution is -2.22. The van der Waals surface area contributed by atoms with Crippen LogP contribution in [0.5, 0.6) is 0 Å². The Balaban J connectivity index is 2.11. The van der Waals surface area contributed by atoms with E-state index in [-0.39, 0.29) is 11.6 Å². The van der Waals surface area contributed by atoms with E-state index < -0.39 is 5.97 Å². The minimum Gasteiger partial charge on any atom is -0.476 e. The van der Waals surface area contributed by atoms with Crippen molar-refractivity contribution in [2.45, 2.75) is 58.4 Å². The number of hydrogen-bond acceptors (Lipinski definition) is 4. The van der Waals surface area contributed by atoms with Crippen molar-refractivity contribution in [2.24, 2.45) is 0 Å². The first-order valence-electron chi connectivity index (χ1n) is 7.08. The van der Waals surface area contributed by atoms with Crippen LogP contribution < -0.4 is 5.32 Å². The smallest absolute Gasteiger partial charge is 0.355 e. The number of carbonyl (C=O) groups excluding carboxylic acids is 1. The fraction of sp³-hybridized carbons (Fsp3) is 0.643. The number of carbonyl (C=O) groups is 2. The molecule has 1 aromatic rings. The Hall–Kier alpha value is -1.43. The SMILES string of the molecule is CCCCCCCCC(=O)NCc1nc(C(=O)O)cs1. The third-order valence-corrected chi connectivity index (χ3v) is 3.81. The molecule has 0 saturated heterocycles. The Morgan fingerprint density at radius 2 is 1.95 bits per heavy atom. The molecule has 0 aromatic carbocycles. The Kier molecular flexibility index (Phi) is 7.87. The Morgan fingerprint density at radius 3 is 2.60 bits per heavy atom. The molecule has 0 fully saturated rings. The van der Waals surface area contributed by atoms with Crippen LogP contribution in [0.2, 0.25) is 0 Å². The highest BCUT2D eigenvalue weighted by Gasteiger charge is 2.09. The van der Waals surface area contributed by atoms with Gasteiger partial charge in [-0.05, 0) is 6.42 Å². The average molecular weight is 298 g/mol. The number of amides is 1. The molecule has 1 heterocycles. The van der Waals surface area contributed by atoms with E-state index in [1.807, 2.05) is 0 Å². The van der Waals surface area contributed by atoms with Crippen molar-refractivity contribution in [1.29, 1.82) is 0 Å². The largest absolute Gasteiger partial charge is 0.476 e. The number of aromatic carboxylic acids is 1. The molecule has 0 radical (unpaired) electrons. The third-order valence-electron chi connectivity index (χ3n) is 2.97. The number of carboxylic acids is 1. The van der Waals surface area contributed by atoms with E-state index in [9.17, 15) is 9.59 Å². The summed E-state index contributed by atoms with van der Waals surface area (Å²) in [5, 5.41) is 13.6. The van der Waals surface area contributed by atoms with Crippen molar-refractivity contribution < 1.29 is 14.7 Å². The summed E-state index contributed by atoms with van der Waals surface area (Å²) in [6.07, 6.45) is 7.46. The molecule has 0 atom stereocenters. The topological polar surface area (TPSA) is 79.3 Å². The van der Waals surface area contributed by atoms with Gasteiger partial charge < -0.3 is 10.4 Å². The van der Waals surface area contributed by atoms with Crippen LogP contribution in [0.25, 0.3) is 0 Å². The number of nitrogens with zero attached hydrogens (tertiary/aromatic N) is 1. The molecule has 112 valence electrons. The van der Waals surface area contributed by atoms with Gasteiger partial charge in [0.15, 0.2) is 5.69 Å². The van der Waals surface area contributed by atoms with Gasteiger partial charge in [0.1, 0.15) is 5.01 Å². The van der Waals surface area contributed by atoms with E-state index in [1.165, 1.54) is 42.4 Å². The summed E-state index contributed by atoms with van der Waals surface area (Å²) in [7, 11) is 0. The third kappa shape index (κ3) is 6.65. The maximum atomic E-state index is 11.6. The molecule has 1 rings (SSSR count). The molecule has 1 amide bonds. The highest BCUT2D eigenvalue weighted by molar-refractivity contribution is 7.09. The monoisotopic (exact) mass is 298 g/mol. The summed E-state index contributed by atoms with van der Waals surface area (Å²) in [6, 6.07) is 0. The maximum Gasteiger partial charge on any atom is 0.355 e. The molecule has 0 aliphatic heterocycles. The van der Waals surface area contributed by atoms with Crippen LogP contribution in [-0.2, 0) is 11.3 Å². The molecular weight excluding hydrogens is 276 g/mol. The summed E-state index contributed by atoms with van der Waals surface area (Å²) in [6.45, 7) is 2.49. The molecule has 2 N–H and O–H groups in total. The minimum atomic E-state index is -1.04. The lowest BCUT2D eigenvalue weighted by Gasteiger charge is -2.03. The van der Waals surface area contributed by atoms with Gasteiger partial charge in [-0.3, -0.25) is 4.79 Å². The summed E-state index contributed by atoms with van der Waals surface area (Å²) >= 11 is 1.25. The first-order chi connectivity index (χ1) is 9.63. The van der Waals surface area contributed by atoms with Crippen LogP contribution in [0.3, 0.4) is 0 Å². The number of thiazole rings is 1. The molecule has 0 unspecified atom stereocenters. The van der Waals surface area contributed by atoms with E-state index >= 15 is 0 Å². The normalized spacial score (nSPS) is 10.4. The van der Waals surface area contributed by atoms with E-state index in [0.717, 1.165) is 12.8 Å². The molecule has 0 aliphatic rings. The second kappa shape index (κ2) is 9.47. The van der Waals surface area contributed by atoms with Crippen LogP contribution in [0.4, 0.5) is 0 Å². The zero-order chi connectivity index (χ0) is 14.8. The predicted octanol–water partition coefficient (Wildman–Crippen LogP) is 3.21. The van der Waals surface area contributed by atoms with Crippen LogP contribution >= 0.6 is 11.3 Å². The summed E-state index contributed by atoms with van der Waals surface area (Å²) < 4.78 is 0. The number of unbranched alkanes of at least 4 members (excludes halogenated alkanes) is 5. The standard InChI is InChI=1S/C14H22N2O3S/c1-2-3-4-5-6-7-8-12(17)15-9-13-16-11(10-20-13)14(18)19/h10H,2-9H2,1H3,(H,15,17)(H,18,19). The van der Waals surface area contributed by atoms with Gasteiger partial charge in [-0.1, -0.05) is 39.0 Å². The lowest BCUT2D eigenvalue weighted by molar-refractivity contribution is -0.121. The summed E-state index contributed by atoms with van der Waals surface area (Å²) in [5.74, 6) is -1.03. The molecule has 0 bridgehead atoms. The van der Waals surface area contributed by atoms with E-state index in [2.05, 4.69) is 17.2 Å². The van der Waals surface area contributed by atoms with Crippen molar-refractivity contribution in [3.8, 4) is 0 Å². The highest BCUT2D eigenvalue weighted by Crippen LogP contribution is 2.10. The number of hydrogen-bond donors (Lipinski definition) is 2. The fourth-order valence-corrected chi connectivity index (χ4v) is 2.53. The quantitative estimate of drug-likeness (QED) is 0.650. The Labute approximate surface area is 123 Å². The zero-order valence-corrected chi connectivity index (χ0v) is 12.7. The second-order valence-corrected chi connectivity index (χ2v) is 5.67. The highest BCUT2D eigenvalue weighted by atomic mass is 32.1. The average Bonchev–Trinajstić information content (AvgIpc) is 2.89. The number of aromatic nitrogens is 1. The van der Waals surface area contributed by atoms with Gasteiger partial charge in [-0.25, -0.2) is 9.78 Å². The Bertz CT molecular complexity index is 432. The van der Waals surface area contributed by atoms with E-state index in [4.69, 9.17) is 5.11 Å². The number of carboxylic acid groups (broad SMARTS) is 1. The molecule has 20 heavy (non-hydrogen) atoms. The van der Waals surface area contributed by atoms with Crippen LogP contribution in [-0.4, -0.2) is 22.0 Å². The van der Waals surface area contributed by atoms with Crippen LogP contribution in [0.1, 0.15) is 67.4 Å². The van der Waals surface area contributed by atoms with Gasteiger partial charge in [0.05, 0.1) is 6.54 Å². The van der Waals surface area contributed by atoms with Crippen molar-refractivity contribution in [1.82, 2.24) is 10.3 Å². The van der Waals surface area contributed by atoms with Crippen LogP contribution in [0, 0.1) is 0 Å². The van der Waals surface area contributed by atoms with Crippen molar-refractivity contribution in [2.75, 3.05) is 0 Å². The molecule has 0 spiro atoms. The van der Waals surface area contributed by atoms with E-state index in [1.54, 1.807) is 0 Å². The van der Waals surface area contributed by atoms with Gasteiger partial charge in [0.2, 0.25) is 5.91 Å². The van der Waals surface area contributed by atoms with E-state index in [0.29, 0.717) is 18.0 Å². The predicted molar refractivity (Wildman–Crippen MR) is 78.9 cm³/mol. The lowest BCUT2D eigenvalue weighted by atomic mass is 10.1. The molecule has 1 aromatic heterocycles. The fourth-order valence-electron chi connectivity index (χ4n) is 1.82. The van der Waals surface area contributed by atoms with Gasteiger partial charge in [-0.15, -0.1) is 11.3 Å². The van der Waals surface area contributed by atoms with Crippen molar-refractivity contribution in [3.63, 3.8) is 0 Å². The van der Waals surface area contributed by atoms with Crippen molar-refractivity contribution in [3.05, 3.63) is 16.1 Å². The molecule has 6 heteroatoms. The first kappa shape index (κ1) is 16.6. The van der Waals surface area contributed by atoms with Gasteiger partial charge in [0.25, 0.3) is 0 Å².